The first-order valence-electron chi connectivity index (χ1n) is 5.02. The topological polar surface area (TPSA) is 0 Å². The molecule has 0 spiro atoms. The molecule has 0 nitrogen and oxygen atoms in total. The van der Waals surface area contributed by atoms with Crippen LogP contribution in [0.25, 0.3) is 0 Å². The first-order valence-corrected chi connectivity index (χ1v) is 6.69. The molecule has 0 fully saturated rings. The summed E-state index contributed by atoms with van der Waals surface area (Å²) in [7, 11) is 0. The first-order chi connectivity index (χ1) is 6.93. The van der Waals surface area contributed by atoms with Crippen molar-refractivity contribution < 1.29 is 0 Å². The van der Waals surface area contributed by atoms with Crippen LogP contribution in [0.15, 0.2) is 18.2 Å². The summed E-state index contributed by atoms with van der Waals surface area (Å²) in [6, 6.07) is 5.69. The Morgan fingerprint density at radius 2 is 1.73 bits per heavy atom. The molecule has 0 aliphatic heterocycles. The summed E-state index contributed by atoms with van der Waals surface area (Å²) < 4.78 is 0. The standard InChI is InChI=1S/C12H15BrCl2/c1-7(2)12(13)8(3)10-5-4-9(14)6-11(10)15/h4-8,12H,1-3H3. The molecule has 0 heterocycles. The zero-order valence-corrected chi connectivity index (χ0v) is 12.2. The van der Waals surface area contributed by atoms with E-state index in [1.54, 1.807) is 6.07 Å². The number of hydrogen-bond donors (Lipinski definition) is 0. The lowest BCUT2D eigenvalue weighted by Gasteiger charge is -2.23. The van der Waals surface area contributed by atoms with E-state index < -0.39 is 0 Å². The number of halogens is 3. The summed E-state index contributed by atoms with van der Waals surface area (Å²) in [6.45, 7) is 6.56. The molecule has 0 aromatic heterocycles. The molecule has 1 rings (SSSR count). The van der Waals surface area contributed by atoms with Gasteiger partial charge in [0.15, 0.2) is 0 Å². The first kappa shape index (κ1) is 13.3. The molecule has 84 valence electrons. The Kier molecular flexibility index (Phi) is 4.95. The largest absolute Gasteiger partial charge is 0.0881 e. The van der Waals surface area contributed by atoms with Gasteiger partial charge in [-0.05, 0) is 29.5 Å². The van der Waals surface area contributed by atoms with Crippen molar-refractivity contribution in [3.8, 4) is 0 Å². The predicted molar refractivity (Wildman–Crippen MR) is 72.4 cm³/mol. The highest BCUT2D eigenvalue weighted by atomic mass is 79.9. The van der Waals surface area contributed by atoms with E-state index in [2.05, 4.69) is 36.7 Å². The molecular weight excluding hydrogens is 295 g/mol. The summed E-state index contributed by atoms with van der Waals surface area (Å²) in [5.74, 6) is 0.960. The van der Waals surface area contributed by atoms with Crippen LogP contribution in [0.3, 0.4) is 0 Å². The average Bonchev–Trinajstić information content (AvgIpc) is 2.15. The zero-order valence-electron chi connectivity index (χ0n) is 9.10. The maximum Gasteiger partial charge on any atom is 0.0455 e. The summed E-state index contributed by atoms with van der Waals surface area (Å²) in [5, 5.41) is 1.44. The minimum absolute atomic E-state index is 0.384. The van der Waals surface area contributed by atoms with Crippen molar-refractivity contribution in [1.29, 1.82) is 0 Å². The van der Waals surface area contributed by atoms with Crippen LogP contribution >= 0.6 is 39.1 Å². The minimum Gasteiger partial charge on any atom is -0.0881 e. The van der Waals surface area contributed by atoms with Crippen LogP contribution in [0.2, 0.25) is 10.0 Å². The summed E-state index contributed by atoms with van der Waals surface area (Å²) in [6.07, 6.45) is 0. The number of hydrogen-bond acceptors (Lipinski definition) is 0. The monoisotopic (exact) mass is 308 g/mol. The average molecular weight is 310 g/mol. The van der Waals surface area contributed by atoms with E-state index >= 15 is 0 Å². The van der Waals surface area contributed by atoms with Gasteiger partial charge in [0.25, 0.3) is 0 Å². The molecule has 0 bridgehead atoms. The van der Waals surface area contributed by atoms with Gasteiger partial charge >= 0.3 is 0 Å². The number of rotatable bonds is 3. The molecule has 0 saturated heterocycles. The lowest BCUT2D eigenvalue weighted by Crippen LogP contribution is -2.15. The maximum atomic E-state index is 6.17. The van der Waals surface area contributed by atoms with Crippen molar-refractivity contribution in [1.82, 2.24) is 0 Å². The molecule has 0 N–H and O–H groups in total. The van der Waals surface area contributed by atoms with Gasteiger partial charge in [0.05, 0.1) is 0 Å². The van der Waals surface area contributed by atoms with Gasteiger partial charge in [0.2, 0.25) is 0 Å². The van der Waals surface area contributed by atoms with Gasteiger partial charge in [-0.2, -0.15) is 0 Å². The SMILES string of the molecule is CC(C)C(Br)C(C)c1ccc(Cl)cc1Cl. The summed E-state index contributed by atoms with van der Waals surface area (Å²) in [4.78, 5) is 0.427. The third-order valence-corrected chi connectivity index (χ3v) is 4.98. The molecule has 2 unspecified atom stereocenters. The van der Waals surface area contributed by atoms with E-state index in [1.807, 2.05) is 12.1 Å². The Hall–Kier alpha value is 0.280. The highest BCUT2D eigenvalue weighted by Crippen LogP contribution is 2.34. The van der Waals surface area contributed by atoms with Crippen LogP contribution in [0, 0.1) is 5.92 Å². The summed E-state index contributed by atoms with van der Waals surface area (Å²) in [5.41, 5.74) is 1.15. The highest BCUT2D eigenvalue weighted by molar-refractivity contribution is 9.09. The molecule has 0 radical (unpaired) electrons. The fraction of sp³-hybridized carbons (Fsp3) is 0.500. The molecular formula is C12H15BrCl2. The molecule has 2 atom stereocenters. The number of benzene rings is 1. The Morgan fingerprint density at radius 1 is 1.13 bits per heavy atom. The van der Waals surface area contributed by atoms with Gasteiger partial charge in [-0.25, -0.2) is 0 Å². The van der Waals surface area contributed by atoms with Crippen LogP contribution < -0.4 is 0 Å². The molecule has 15 heavy (non-hydrogen) atoms. The van der Waals surface area contributed by atoms with Crippen molar-refractivity contribution in [3.63, 3.8) is 0 Å². The maximum absolute atomic E-state index is 6.17. The Balaban J connectivity index is 2.96. The van der Waals surface area contributed by atoms with Gasteiger partial charge in [0.1, 0.15) is 0 Å². The van der Waals surface area contributed by atoms with Crippen molar-refractivity contribution >= 4 is 39.1 Å². The van der Waals surface area contributed by atoms with E-state index in [0.717, 1.165) is 10.6 Å². The van der Waals surface area contributed by atoms with Gasteiger partial charge in [-0.1, -0.05) is 66.0 Å². The van der Waals surface area contributed by atoms with Crippen molar-refractivity contribution in [2.45, 2.75) is 31.5 Å². The van der Waals surface area contributed by atoms with Crippen molar-refractivity contribution in [2.75, 3.05) is 0 Å². The van der Waals surface area contributed by atoms with E-state index in [9.17, 15) is 0 Å². The van der Waals surface area contributed by atoms with Gasteiger partial charge in [-0.3, -0.25) is 0 Å². The van der Waals surface area contributed by atoms with Crippen LogP contribution in [-0.4, -0.2) is 4.83 Å². The molecule has 1 aromatic rings. The second-order valence-corrected chi connectivity index (χ2v) is 6.04. The van der Waals surface area contributed by atoms with Gasteiger partial charge in [0, 0.05) is 14.9 Å². The van der Waals surface area contributed by atoms with Crippen molar-refractivity contribution in [3.05, 3.63) is 33.8 Å². The lowest BCUT2D eigenvalue weighted by molar-refractivity contribution is 0.550. The molecule has 0 saturated carbocycles. The Labute approximate surface area is 110 Å². The second kappa shape index (κ2) is 5.56. The Morgan fingerprint density at radius 3 is 2.20 bits per heavy atom. The zero-order chi connectivity index (χ0) is 11.6. The van der Waals surface area contributed by atoms with Crippen molar-refractivity contribution in [2.24, 2.45) is 5.92 Å². The molecule has 3 heteroatoms. The highest BCUT2D eigenvalue weighted by Gasteiger charge is 2.21. The van der Waals surface area contributed by atoms with Gasteiger partial charge in [-0.15, -0.1) is 0 Å². The summed E-state index contributed by atoms with van der Waals surface area (Å²) >= 11 is 15.7. The van der Waals surface area contributed by atoms with Crippen LogP contribution in [0.4, 0.5) is 0 Å². The quantitative estimate of drug-likeness (QED) is 0.645. The van der Waals surface area contributed by atoms with E-state index in [-0.39, 0.29) is 0 Å². The van der Waals surface area contributed by atoms with Crippen LogP contribution in [-0.2, 0) is 0 Å². The van der Waals surface area contributed by atoms with E-state index in [4.69, 9.17) is 23.2 Å². The predicted octanol–water partition coefficient (Wildman–Crippen LogP) is 5.52. The molecule has 1 aromatic carbocycles. The van der Waals surface area contributed by atoms with Gasteiger partial charge < -0.3 is 0 Å². The third-order valence-electron chi connectivity index (χ3n) is 2.57. The Bertz CT molecular complexity index is 336. The smallest absolute Gasteiger partial charge is 0.0455 e. The number of alkyl halides is 1. The second-order valence-electron chi connectivity index (χ2n) is 4.14. The van der Waals surface area contributed by atoms with E-state index in [1.165, 1.54) is 0 Å². The lowest BCUT2D eigenvalue weighted by atomic mass is 9.92. The normalized spacial score (nSPS) is 15.4. The van der Waals surface area contributed by atoms with Crippen LogP contribution in [0.1, 0.15) is 32.3 Å². The fourth-order valence-electron chi connectivity index (χ4n) is 1.62. The van der Waals surface area contributed by atoms with E-state index in [0.29, 0.717) is 21.7 Å². The fourth-order valence-corrected chi connectivity index (χ4v) is 2.49. The van der Waals surface area contributed by atoms with Crippen LogP contribution in [0.5, 0.6) is 0 Å². The minimum atomic E-state index is 0.384. The third kappa shape index (κ3) is 3.37. The molecule has 0 aliphatic rings. The molecule has 0 amide bonds. The molecule has 0 aliphatic carbocycles.